The number of benzene rings is 1. The van der Waals surface area contributed by atoms with Gasteiger partial charge in [-0.3, -0.25) is 14.6 Å². The lowest BCUT2D eigenvalue weighted by atomic mass is 10.2. The van der Waals surface area contributed by atoms with Crippen LogP contribution < -0.4 is 0 Å². The van der Waals surface area contributed by atoms with E-state index in [1.165, 1.54) is 12.1 Å². The van der Waals surface area contributed by atoms with Gasteiger partial charge in [-0.05, 0) is 11.0 Å². The van der Waals surface area contributed by atoms with Crippen molar-refractivity contribution in [1.82, 2.24) is 5.16 Å². The molecule has 0 aliphatic rings. The molecule has 0 saturated heterocycles. The number of nitro benzene ring substituents is 1. The maximum atomic E-state index is 10.6. The van der Waals surface area contributed by atoms with Crippen molar-refractivity contribution in [3.05, 3.63) is 38.4 Å². The van der Waals surface area contributed by atoms with Gasteiger partial charge in [0.1, 0.15) is 0 Å². The molecule has 1 aromatic carbocycles. The lowest BCUT2D eigenvalue weighted by Crippen LogP contribution is -1.92. The van der Waals surface area contributed by atoms with Crippen molar-refractivity contribution in [2.75, 3.05) is 0 Å². The average molecular weight is 209 g/mol. The Balaban J connectivity index is 2.86. The van der Waals surface area contributed by atoms with E-state index in [0.29, 0.717) is 0 Å². The number of aromatic nitrogens is 1. The summed E-state index contributed by atoms with van der Waals surface area (Å²) in [5.74, 6) is -0.641. The summed E-state index contributed by atoms with van der Waals surface area (Å²) in [7, 11) is 0. The third kappa shape index (κ3) is 1.27. The quantitative estimate of drug-likeness (QED) is 0.548. The van der Waals surface area contributed by atoms with Crippen molar-refractivity contribution in [2.24, 2.45) is 0 Å². The number of nitrogens with zero attached hydrogens (tertiary/aromatic N) is 3. The van der Waals surface area contributed by atoms with E-state index in [9.17, 15) is 20.2 Å². The van der Waals surface area contributed by atoms with Crippen LogP contribution in [0.1, 0.15) is 0 Å². The monoisotopic (exact) mass is 209 g/mol. The molecule has 8 heteroatoms. The first-order chi connectivity index (χ1) is 7.11. The first-order valence-corrected chi connectivity index (χ1v) is 3.78. The molecule has 2 aromatic rings. The predicted molar refractivity (Wildman–Crippen MR) is 47.3 cm³/mol. The normalized spacial score (nSPS) is 10.4. The van der Waals surface area contributed by atoms with Gasteiger partial charge in [0.25, 0.3) is 5.69 Å². The first-order valence-electron chi connectivity index (χ1n) is 3.78. The van der Waals surface area contributed by atoms with E-state index in [-0.39, 0.29) is 16.7 Å². The topological polar surface area (TPSA) is 112 Å². The zero-order valence-electron chi connectivity index (χ0n) is 7.11. The van der Waals surface area contributed by atoms with Gasteiger partial charge in [-0.2, -0.15) is 0 Å². The van der Waals surface area contributed by atoms with Crippen LogP contribution in [0.3, 0.4) is 0 Å². The fourth-order valence-electron chi connectivity index (χ4n) is 1.24. The summed E-state index contributed by atoms with van der Waals surface area (Å²) in [4.78, 5) is 19.6. The Kier molecular flexibility index (Phi) is 1.82. The molecule has 1 aromatic heterocycles. The third-order valence-corrected chi connectivity index (χ3v) is 1.83. The van der Waals surface area contributed by atoms with E-state index in [1.807, 2.05) is 0 Å². The molecule has 2 rings (SSSR count). The molecule has 76 valence electrons. The molecule has 0 amide bonds. The van der Waals surface area contributed by atoms with Crippen molar-refractivity contribution in [3.63, 3.8) is 0 Å². The zero-order chi connectivity index (χ0) is 11.0. The molecule has 0 atom stereocenters. The van der Waals surface area contributed by atoms with Crippen molar-refractivity contribution in [2.45, 2.75) is 0 Å². The Morgan fingerprint density at radius 3 is 2.53 bits per heavy atom. The lowest BCUT2D eigenvalue weighted by molar-refractivity contribution is -0.393. The summed E-state index contributed by atoms with van der Waals surface area (Å²) in [6.07, 6.45) is 0. The van der Waals surface area contributed by atoms with Crippen LogP contribution in [-0.2, 0) is 0 Å². The Bertz CT molecular complexity index is 561. The third-order valence-electron chi connectivity index (χ3n) is 1.83. The van der Waals surface area contributed by atoms with Gasteiger partial charge in [0.2, 0.25) is 11.0 Å². The van der Waals surface area contributed by atoms with Crippen LogP contribution in [-0.4, -0.2) is 15.0 Å². The summed E-state index contributed by atoms with van der Waals surface area (Å²) in [5, 5.41) is 24.1. The highest BCUT2D eigenvalue weighted by Gasteiger charge is 2.28. The van der Waals surface area contributed by atoms with Crippen LogP contribution in [0.5, 0.6) is 0 Å². The molecule has 0 spiro atoms. The van der Waals surface area contributed by atoms with Crippen molar-refractivity contribution in [1.29, 1.82) is 0 Å². The second-order valence-corrected chi connectivity index (χ2v) is 2.67. The van der Waals surface area contributed by atoms with Gasteiger partial charge in [0, 0.05) is 6.07 Å². The van der Waals surface area contributed by atoms with Gasteiger partial charge in [0.15, 0.2) is 5.16 Å². The minimum atomic E-state index is -0.821. The first kappa shape index (κ1) is 9.06. The fourth-order valence-corrected chi connectivity index (χ4v) is 1.24. The number of rotatable bonds is 2. The predicted octanol–water partition coefficient (Wildman–Crippen LogP) is 1.64. The van der Waals surface area contributed by atoms with Gasteiger partial charge >= 0.3 is 5.82 Å². The summed E-state index contributed by atoms with van der Waals surface area (Å²) in [6.45, 7) is 0. The lowest BCUT2D eigenvalue weighted by Gasteiger charge is -1.91. The van der Waals surface area contributed by atoms with Crippen molar-refractivity contribution in [3.8, 4) is 0 Å². The highest BCUT2D eigenvalue weighted by Crippen LogP contribution is 2.32. The Labute approximate surface area is 81.4 Å². The Hall–Kier alpha value is -2.51. The molecular formula is C7H3N3O5. The average Bonchev–Trinajstić information content (AvgIpc) is 2.60. The van der Waals surface area contributed by atoms with Gasteiger partial charge in [-0.25, -0.2) is 0 Å². The standard InChI is InChI=1S/C7H3N3O5/c11-9(12)4-2-1-3-5-6(4)7(8-15-5)10(13)14/h1-3H. The molecule has 0 saturated carbocycles. The second-order valence-electron chi connectivity index (χ2n) is 2.67. The molecule has 0 fully saturated rings. The van der Waals surface area contributed by atoms with Crippen LogP contribution in [0.4, 0.5) is 11.5 Å². The number of nitro groups is 2. The Morgan fingerprint density at radius 1 is 1.20 bits per heavy atom. The van der Waals surface area contributed by atoms with E-state index >= 15 is 0 Å². The minimum Gasteiger partial charge on any atom is -0.358 e. The number of non-ortho nitro benzene ring substituents is 1. The van der Waals surface area contributed by atoms with Crippen LogP contribution in [0.15, 0.2) is 22.7 Å². The Morgan fingerprint density at radius 2 is 1.93 bits per heavy atom. The van der Waals surface area contributed by atoms with Crippen LogP contribution in [0.2, 0.25) is 0 Å². The van der Waals surface area contributed by atoms with Crippen LogP contribution in [0, 0.1) is 20.2 Å². The summed E-state index contributed by atoms with van der Waals surface area (Å²) < 4.78 is 4.61. The molecule has 0 unspecified atom stereocenters. The highest BCUT2D eigenvalue weighted by molar-refractivity contribution is 5.93. The molecule has 0 N–H and O–H groups in total. The maximum absolute atomic E-state index is 10.6. The molecule has 0 aliphatic carbocycles. The van der Waals surface area contributed by atoms with Gasteiger partial charge in [-0.1, -0.05) is 6.07 Å². The molecule has 0 aliphatic heterocycles. The van der Waals surface area contributed by atoms with E-state index in [1.54, 1.807) is 0 Å². The largest absolute Gasteiger partial charge is 0.428 e. The van der Waals surface area contributed by atoms with Gasteiger partial charge in [0.05, 0.1) is 4.92 Å². The summed E-state index contributed by atoms with van der Waals surface area (Å²) in [5.41, 5.74) is -0.364. The summed E-state index contributed by atoms with van der Waals surface area (Å²) >= 11 is 0. The molecule has 15 heavy (non-hydrogen) atoms. The van der Waals surface area contributed by atoms with Crippen LogP contribution >= 0.6 is 0 Å². The fraction of sp³-hybridized carbons (Fsp3) is 0. The molecule has 8 nitrogen and oxygen atoms in total. The molecule has 0 bridgehead atoms. The molecule has 1 heterocycles. The van der Waals surface area contributed by atoms with Gasteiger partial charge in [-0.15, -0.1) is 0 Å². The van der Waals surface area contributed by atoms with E-state index < -0.39 is 15.7 Å². The van der Waals surface area contributed by atoms with Crippen molar-refractivity contribution < 1.29 is 14.4 Å². The number of hydrogen-bond donors (Lipinski definition) is 0. The molecular weight excluding hydrogens is 206 g/mol. The van der Waals surface area contributed by atoms with E-state index in [0.717, 1.165) is 6.07 Å². The zero-order valence-corrected chi connectivity index (χ0v) is 7.11. The molecule has 0 radical (unpaired) electrons. The van der Waals surface area contributed by atoms with Crippen LogP contribution in [0.25, 0.3) is 11.0 Å². The highest BCUT2D eigenvalue weighted by atomic mass is 16.6. The maximum Gasteiger partial charge on any atom is 0.428 e. The van der Waals surface area contributed by atoms with E-state index in [4.69, 9.17) is 0 Å². The van der Waals surface area contributed by atoms with E-state index in [2.05, 4.69) is 9.68 Å². The second kappa shape index (κ2) is 3.01. The SMILES string of the molecule is O=[N+]([O-])c1cccc2onc([N+](=O)[O-])c12. The number of fused-ring (bicyclic) bond motifs is 1. The smallest absolute Gasteiger partial charge is 0.358 e. The van der Waals surface area contributed by atoms with Crippen molar-refractivity contribution >= 4 is 22.5 Å². The number of hydrogen-bond acceptors (Lipinski definition) is 6. The summed E-state index contributed by atoms with van der Waals surface area (Å²) in [6, 6.07) is 3.91. The minimum absolute atomic E-state index is 0.0240. The van der Waals surface area contributed by atoms with Gasteiger partial charge < -0.3 is 10.1 Å².